The van der Waals surface area contributed by atoms with Crippen molar-refractivity contribution in [2.75, 3.05) is 36.8 Å². The van der Waals surface area contributed by atoms with E-state index in [0.29, 0.717) is 17.8 Å². The molecule has 0 bridgehead atoms. The lowest BCUT2D eigenvalue weighted by atomic mass is 9.78. The predicted octanol–water partition coefficient (Wildman–Crippen LogP) is 5.05. The number of imidazole rings is 1. The number of aromatic nitrogens is 6. The number of nitrogens with zero attached hydrogens (tertiary/aromatic N) is 8. The molecule has 0 unspecified atom stereocenters. The summed E-state index contributed by atoms with van der Waals surface area (Å²) in [5, 5.41) is 1.09. The Hall–Kier alpha value is -4.89. The van der Waals surface area contributed by atoms with E-state index in [2.05, 4.69) is 71.6 Å². The molecule has 1 saturated carbocycles. The highest BCUT2D eigenvalue weighted by Gasteiger charge is 2.38. The van der Waals surface area contributed by atoms with Crippen LogP contribution in [0.25, 0.3) is 38.9 Å². The highest BCUT2D eigenvalue weighted by molar-refractivity contribution is 5.91. The average Bonchev–Trinajstić information content (AvgIpc) is 3.41. The van der Waals surface area contributed by atoms with Gasteiger partial charge in [0.1, 0.15) is 22.9 Å². The Labute approximate surface area is 243 Å². The molecular weight excluding hydrogens is 522 g/mol. The molecule has 2 aromatic carbocycles. The van der Waals surface area contributed by atoms with Gasteiger partial charge in [-0.15, -0.1) is 0 Å². The second-order valence-electron chi connectivity index (χ2n) is 11.2. The van der Waals surface area contributed by atoms with Crippen molar-refractivity contribution in [2.45, 2.75) is 24.8 Å². The lowest BCUT2D eigenvalue weighted by Crippen LogP contribution is -2.54. The van der Waals surface area contributed by atoms with Crippen molar-refractivity contribution in [3.63, 3.8) is 0 Å². The maximum atomic E-state index is 6.47. The Morgan fingerprint density at radius 3 is 2.33 bits per heavy atom. The third kappa shape index (κ3) is 4.33. The lowest BCUT2D eigenvalue weighted by Gasteiger charge is -2.46. The molecule has 2 N–H and O–H groups in total. The smallest absolute Gasteiger partial charge is 0.225 e. The monoisotopic (exact) mass is 553 g/mol. The van der Waals surface area contributed by atoms with Crippen molar-refractivity contribution in [3.8, 4) is 22.5 Å². The average molecular weight is 554 g/mol. The van der Waals surface area contributed by atoms with Crippen molar-refractivity contribution in [1.29, 1.82) is 0 Å². The highest BCUT2D eigenvalue weighted by atomic mass is 15.3. The van der Waals surface area contributed by atoms with E-state index in [1.807, 2.05) is 42.9 Å². The summed E-state index contributed by atoms with van der Waals surface area (Å²) in [5.41, 5.74) is 12.2. The molecule has 0 radical (unpaired) electrons. The van der Waals surface area contributed by atoms with Gasteiger partial charge in [0.25, 0.3) is 0 Å². The molecule has 1 aliphatic heterocycles. The number of anilines is 2. The summed E-state index contributed by atoms with van der Waals surface area (Å²) < 4.78 is 2.15. The van der Waals surface area contributed by atoms with Gasteiger partial charge in [-0.3, -0.25) is 9.30 Å². The molecule has 0 spiro atoms. The summed E-state index contributed by atoms with van der Waals surface area (Å²) in [6, 6.07) is 23.3. The van der Waals surface area contributed by atoms with Gasteiger partial charge in [-0.2, -0.15) is 0 Å². The van der Waals surface area contributed by atoms with Crippen LogP contribution in [0.3, 0.4) is 0 Å². The van der Waals surface area contributed by atoms with Crippen LogP contribution in [0.15, 0.2) is 91.5 Å². The number of nitrogens with two attached hydrogens (primary N) is 1. The quantitative estimate of drug-likeness (QED) is 0.317. The molecule has 0 atom stereocenters. The zero-order valence-electron chi connectivity index (χ0n) is 23.2. The molecule has 6 aromatic rings. The fourth-order valence-electron chi connectivity index (χ4n) is 6.45. The molecule has 42 heavy (non-hydrogen) atoms. The van der Waals surface area contributed by atoms with Gasteiger partial charge in [0.2, 0.25) is 5.95 Å². The zero-order chi connectivity index (χ0) is 28.0. The SMILES string of the molecule is Nc1nccn2c(C3CC(N4CCN(c5ncccn5)CC4)C3)nc(-c3ccc4ccc(-c5ccccc5)nc4c3)c12. The minimum atomic E-state index is 0.372. The van der Waals surface area contributed by atoms with E-state index in [4.69, 9.17) is 15.7 Å². The molecule has 208 valence electrons. The van der Waals surface area contributed by atoms with E-state index in [-0.39, 0.29) is 0 Å². The van der Waals surface area contributed by atoms with Gasteiger partial charge >= 0.3 is 0 Å². The van der Waals surface area contributed by atoms with Crippen LogP contribution in [0.4, 0.5) is 11.8 Å². The standard InChI is InChI=1S/C33H31N9/c34-31-30-29(24-8-7-23-9-10-27(38-28(23)21-24)22-5-2-1-3-6-22)39-32(42(30)14-13-35-31)25-19-26(20-25)40-15-17-41(18-16-40)33-36-11-4-12-37-33/h1-14,21,25-26H,15-20H2,(H2,34,35). The summed E-state index contributed by atoms with van der Waals surface area (Å²) in [6.45, 7) is 3.95. The molecule has 2 aliphatic rings. The second kappa shape index (κ2) is 10.2. The van der Waals surface area contributed by atoms with Crippen molar-refractivity contribution < 1.29 is 0 Å². The van der Waals surface area contributed by atoms with E-state index in [9.17, 15) is 0 Å². The predicted molar refractivity (Wildman–Crippen MR) is 165 cm³/mol. The second-order valence-corrected chi connectivity index (χ2v) is 11.2. The summed E-state index contributed by atoms with van der Waals surface area (Å²) in [5.74, 6) is 2.75. The fraction of sp³-hybridized carbons (Fsp3) is 0.242. The van der Waals surface area contributed by atoms with Gasteiger partial charge in [0.05, 0.1) is 11.2 Å². The normalized spacial score (nSPS) is 19.3. The van der Waals surface area contributed by atoms with Gasteiger partial charge in [0.15, 0.2) is 0 Å². The van der Waals surface area contributed by atoms with Crippen LogP contribution in [-0.2, 0) is 0 Å². The fourth-order valence-corrected chi connectivity index (χ4v) is 6.45. The number of hydrogen-bond acceptors (Lipinski definition) is 8. The van der Waals surface area contributed by atoms with E-state index in [1.165, 1.54) is 0 Å². The highest BCUT2D eigenvalue weighted by Crippen LogP contribution is 2.42. The summed E-state index contributed by atoms with van der Waals surface area (Å²) in [7, 11) is 0. The largest absolute Gasteiger partial charge is 0.382 e. The van der Waals surface area contributed by atoms with E-state index < -0.39 is 0 Å². The molecule has 1 aliphatic carbocycles. The maximum Gasteiger partial charge on any atom is 0.225 e. The van der Waals surface area contributed by atoms with E-state index >= 15 is 0 Å². The van der Waals surface area contributed by atoms with Crippen LogP contribution in [0, 0.1) is 0 Å². The Morgan fingerprint density at radius 2 is 1.52 bits per heavy atom. The minimum Gasteiger partial charge on any atom is -0.382 e. The van der Waals surface area contributed by atoms with Crippen LogP contribution >= 0.6 is 0 Å². The number of hydrogen-bond donors (Lipinski definition) is 1. The third-order valence-electron chi connectivity index (χ3n) is 8.79. The molecule has 1 saturated heterocycles. The van der Waals surface area contributed by atoms with Crippen molar-refractivity contribution in [3.05, 3.63) is 97.3 Å². The first-order valence-electron chi connectivity index (χ1n) is 14.6. The van der Waals surface area contributed by atoms with Crippen molar-refractivity contribution in [1.82, 2.24) is 34.2 Å². The van der Waals surface area contributed by atoms with Crippen molar-refractivity contribution in [2.24, 2.45) is 0 Å². The Balaban J connectivity index is 1.06. The summed E-state index contributed by atoms with van der Waals surface area (Å²) in [4.78, 5) is 28.4. The van der Waals surface area contributed by atoms with Gasteiger partial charge < -0.3 is 10.6 Å². The van der Waals surface area contributed by atoms with Gasteiger partial charge in [-0.25, -0.2) is 24.9 Å². The van der Waals surface area contributed by atoms with Crippen LogP contribution < -0.4 is 10.6 Å². The van der Waals surface area contributed by atoms with Gasteiger partial charge in [-0.1, -0.05) is 48.5 Å². The lowest BCUT2D eigenvalue weighted by molar-refractivity contribution is 0.0991. The third-order valence-corrected chi connectivity index (χ3v) is 8.79. The molecule has 8 rings (SSSR count). The maximum absolute atomic E-state index is 6.47. The number of nitrogen functional groups attached to an aromatic ring is 1. The molecule has 5 heterocycles. The van der Waals surface area contributed by atoms with Crippen LogP contribution in [-0.4, -0.2) is 66.4 Å². The number of rotatable bonds is 5. The van der Waals surface area contributed by atoms with Crippen LogP contribution in [0.2, 0.25) is 0 Å². The number of piperazine rings is 1. The first-order chi connectivity index (χ1) is 20.7. The number of fused-ring (bicyclic) bond motifs is 2. The van der Waals surface area contributed by atoms with Crippen molar-refractivity contribution >= 4 is 28.2 Å². The topological polar surface area (TPSA) is 101 Å². The van der Waals surface area contributed by atoms with Gasteiger partial charge in [0, 0.05) is 79.4 Å². The zero-order valence-corrected chi connectivity index (χ0v) is 23.2. The molecule has 9 heteroatoms. The first-order valence-corrected chi connectivity index (χ1v) is 14.6. The Kier molecular flexibility index (Phi) is 6.03. The molecular formula is C33H31N9. The minimum absolute atomic E-state index is 0.372. The summed E-state index contributed by atoms with van der Waals surface area (Å²) in [6.07, 6.45) is 9.56. The van der Waals surface area contributed by atoms with Crippen LogP contribution in [0.5, 0.6) is 0 Å². The molecule has 2 fully saturated rings. The molecule has 9 nitrogen and oxygen atoms in total. The van der Waals surface area contributed by atoms with Gasteiger partial charge in [-0.05, 0) is 31.0 Å². The first kappa shape index (κ1) is 24.9. The van der Waals surface area contributed by atoms with E-state index in [1.54, 1.807) is 6.20 Å². The van der Waals surface area contributed by atoms with E-state index in [0.717, 1.165) is 89.7 Å². The Morgan fingerprint density at radius 1 is 0.738 bits per heavy atom. The van der Waals surface area contributed by atoms with Crippen LogP contribution in [0.1, 0.15) is 24.6 Å². The summed E-state index contributed by atoms with van der Waals surface area (Å²) >= 11 is 0. The Bertz CT molecular complexity index is 1870. The molecule has 4 aromatic heterocycles. The number of pyridine rings is 1. The number of benzene rings is 2. The molecule has 0 amide bonds.